The van der Waals surface area contributed by atoms with Gasteiger partial charge >= 0.3 is 5.97 Å². The molecule has 2 aromatic rings. The number of carbonyl (C=O) groups excluding carboxylic acids is 1. The highest BCUT2D eigenvalue weighted by molar-refractivity contribution is 5.92. The summed E-state index contributed by atoms with van der Waals surface area (Å²) in [6.45, 7) is 3.03. The van der Waals surface area contributed by atoms with Crippen molar-refractivity contribution in [3.63, 3.8) is 0 Å². The van der Waals surface area contributed by atoms with E-state index in [2.05, 4.69) is 0 Å². The molecule has 0 radical (unpaired) electrons. The zero-order chi connectivity index (χ0) is 24.4. The number of nitro benzene ring substituents is 1. The van der Waals surface area contributed by atoms with Gasteiger partial charge in [-0.3, -0.25) is 14.9 Å². The van der Waals surface area contributed by atoms with Crippen LogP contribution in [0.1, 0.15) is 48.9 Å². The molecule has 34 heavy (non-hydrogen) atoms. The maximum Gasteiger partial charge on any atom is 0.340 e. The molecule has 10 heteroatoms. The summed E-state index contributed by atoms with van der Waals surface area (Å²) in [5, 5.41) is 11.4. The topological polar surface area (TPSA) is 136 Å². The molecular formula is C24H27N3O7. The number of non-ortho nitro benzene ring substituents is 1. The minimum atomic E-state index is -0.991. The quantitative estimate of drug-likeness (QED) is 0.371. The van der Waals surface area contributed by atoms with Crippen molar-refractivity contribution >= 4 is 11.7 Å². The van der Waals surface area contributed by atoms with Crippen LogP contribution in [0, 0.1) is 10.1 Å². The van der Waals surface area contributed by atoms with Gasteiger partial charge in [-0.15, -0.1) is 0 Å². The zero-order valence-electron chi connectivity index (χ0n) is 19.1. The minimum Gasteiger partial charge on any atom is -0.465 e. The number of esters is 1. The Morgan fingerprint density at radius 3 is 2.79 bits per heavy atom. The second kappa shape index (κ2) is 9.68. The molecule has 1 aromatic carbocycles. The first-order valence-corrected chi connectivity index (χ1v) is 11.2. The maximum absolute atomic E-state index is 13.9. The third-order valence-electron chi connectivity index (χ3n) is 6.18. The van der Waals surface area contributed by atoms with Gasteiger partial charge in [0, 0.05) is 30.5 Å². The Bertz CT molecular complexity index is 1210. The smallest absolute Gasteiger partial charge is 0.340 e. The fourth-order valence-corrected chi connectivity index (χ4v) is 4.63. The molecule has 1 fully saturated rings. The Labute approximate surface area is 196 Å². The fourth-order valence-electron chi connectivity index (χ4n) is 4.63. The van der Waals surface area contributed by atoms with Gasteiger partial charge in [-0.1, -0.05) is 25.5 Å². The third kappa shape index (κ3) is 4.28. The van der Waals surface area contributed by atoms with Crippen molar-refractivity contribution in [1.82, 2.24) is 4.57 Å². The van der Waals surface area contributed by atoms with Gasteiger partial charge in [-0.25, -0.2) is 4.79 Å². The molecule has 3 heterocycles. The molecule has 0 saturated carbocycles. The summed E-state index contributed by atoms with van der Waals surface area (Å²) in [6, 6.07) is 7.56. The molecule has 2 aliphatic heterocycles. The molecule has 1 aromatic heterocycles. The van der Waals surface area contributed by atoms with Crippen LogP contribution >= 0.6 is 0 Å². The summed E-state index contributed by atoms with van der Waals surface area (Å²) in [5.74, 6) is -1.73. The van der Waals surface area contributed by atoms with Crippen LogP contribution in [0.3, 0.4) is 0 Å². The lowest BCUT2D eigenvalue weighted by Crippen LogP contribution is -2.37. The normalized spacial score (nSPS) is 19.5. The second-order valence-corrected chi connectivity index (χ2v) is 8.37. The van der Waals surface area contributed by atoms with E-state index in [0.717, 1.165) is 25.0 Å². The summed E-state index contributed by atoms with van der Waals surface area (Å²) in [4.78, 5) is 37.6. The molecule has 0 spiro atoms. The van der Waals surface area contributed by atoms with Crippen molar-refractivity contribution in [2.24, 2.45) is 5.73 Å². The van der Waals surface area contributed by atoms with Crippen LogP contribution in [-0.2, 0) is 27.2 Å². The van der Waals surface area contributed by atoms with E-state index in [0.29, 0.717) is 25.1 Å². The number of hydrogen-bond donors (Lipinski definition) is 1. The van der Waals surface area contributed by atoms with Gasteiger partial charge in [0.15, 0.2) is 0 Å². The van der Waals surface area contributed by atoms with Gasteiger partial charge in [0.05, 0.1) is 36.2 Å². The van der Waals surface area contributed by atoms with E-state index in [1.165, 1.54) is 25.3 Å². The summed E-state index contributed by atoms with van der Waals surface area (Å²) < 4.78 is 18.1. The molecule has 0 amide bonds. The van der Waals surface area contributed by atoms with Gasteiger partial charge < -0.3 is 24.5 Å². The molecule has 2 unspecified atom stereocenters. The molecule has 2 N–H and O–H groups in total. The van der Waals surface area contributed by atoms with E-state index >= 15 is 0 Å². The van der Waals surface area contributed by atoms with E-state index in [9.17, 15) is 19.7 Å². The number of nitrogens with zero attached hydrogens (tertiary/aromatic N) is 2. The number of fused-ring (bicyclic) bond motifs is 1. The Morgan fingerprint density at radius 1 is 1.35 bits per heavy atom. The molecule has 1 saturated heterocycles. The Hall–Kier alpha value is -3.66. The molecule has 10 nitrogen and oxygen atoms in total. The number of ether oxygens (including phenoxy) is 3. The Balaban J connectivity index is 1.95. The van der Waals surface area contributed by atoms with Crippen molar-refractivity contribution in [3.05, 3.63) is 79.1 Å². The van der Waals surface area contributed by atoms with E-state index < -0.39 is 16.8 Å². The number of nitro groups is 1. The lowest BCUT2D eigenvalue weighted by Gasteiger charge is -2.29. The number of carbonyl (C=O) groups is 1. The average molecular weight is 469 g/mol. The first kappa shape index (κ1) is 23.5. The van der Waals surface area contributed by atoms with Gasteiger partial charge in [0.25, 0.3) is 11.2 Å². The monoisotopic (exact) mass is 469 g/mol. The highest BCUT2D eigenvalue weighted by Crippen LogP contribution is 2.42. The molecule has 4 rings (SSSR count). The van der Waals surface area contributed by atoms with E-state index in [-0.39, 0.29) is 40.1 Å². The van der Waals surface area contributed by atoms with E-state index in [4.69, 9.17) is 19.9 Å². The zero-order valence-corrected chi connectivity index (χ0v) is 19.1. The van der Waals surface area contributed by atoms with Crippen molar-refractivity contribution in [1.29, 1.82) is 0 Å². The van der Waals surface area contributed by atoms with Gasteiger partial charge in [0.1, 0.15) is 11.3 Å². The fraction of sp³-hybridized carbons (Fsp3) is 0.417. The predicted molar refractivity (Wildman–Crippen MR) is 122 cm³/mol. The molecule has 0 aliphatic carbocycles. The number of nitrogens with two attached hydrogens (primary N) is 1. The van der Waals surface area contributed by atoms with Crippen molar-refractivity contribution < 1.29 is 23.9 Å². The number of rotatable bonds is 7. The van der Waals surface area contributed by atoms with Gasteiger partial charge in [-0.2, -0.15) is 0 Å². The van der Waals surface area contributed by atoms with Crippen LogP contribution < -0.4 is 16.0 Å². The summed E-state index contributed by atoms with van der Waals surface area (Å²) >= 11 is 0. The van der Waals surface area contributed by atoms with Gasteiger partial charge in [0.2, 0.25) is 5.88 Å². The SMILES string of the molecule is CCCc1cc2c(c(=O)n1CC1CCCO1)C(c1cccc([N+](=O)[O-])c1)C(C(=O)OC)=C(N)O2. The predicted octanol–water partition coefficient (Wildman–Crippen LogP) is 2.76. The molecule has 2 atom stereocenters. The average Bonchev–Trinajstić information content (AvgIpc) is 3.34. The molecule has 180 valence electrons. The van der Waals surface area contributed by atoms with E-state index in [1.54, 1.807) is 16.7 Å². The molecule has 0 bridgehead atoms. The Morgan fingerprint density at radius 2 is 2.15 bits per heavy atom. The summed E-state index contributed by atoms with van der Waals surface area (Å²) in [7, 11) is 1.20. The maximum atomic E-state index is 13.9. The third-order valence-corrected chi connectivity index (χ3v) is 6.18. The summed E-state index contributed by atoms with van der Waals surface area (Å²) in [5.41, 5.74) is 6.87. The molecular weight excluding hydrogens is 442 g/mol. The number of aryl methyl sites for hydroxylation is 1. The van der Waals surface area contributed by atoms with Crippen LogP contribution in [-0.4, -0.2) is 35.3 Å². The van der Waals surface area contributed by atoms with Crippen LogP contribution in [0.15, 0.2) is 46.6 Å². The largest absolute Gasteiger partial charge is 0.465 e. The number of aromatic nitrogens is 1. The van der Waals surface area contributed by atoms with Crippen molar-refractivity contribution in [2.45, 2.75) is 51.2 Å². The number of methoxy groups -OCH3 is 1. The number of hydrogen-bond acceptors (Lipinski definition) is 8. The van der Waals surface area contributed by atoms with Crippen molar-refractivity contribution in [2.75, 3.05) is 13.7 Å². The second-order valence-electron chi connectivity index (χ2n) is 8.37. The molecule has 2 aliphatic rings. The standard InChI is InChI=1S/C24H27N3O7/c1-3-6-15-12-18-20(23(28)26(15)13-17-9-5-10-33-17)19(21(22(25)34-18)24(29)32-2)14-7-4-8-16(11-14)27(30)31/h4,7-8,11-12,17,19H,3,5-6,9-10,13,25H2,1-2H3. The highest BCUT2D eigenvalue weighted by atomic mass is 16.6. The van der Waals surface area contributed by atoms with Crippen LogP contribution in [0.25, 0.3) is 0 Å². The summed E-state index contributed by atoms with van der Waals surface area (Å²) in [6.07, 6.45) is 3.12. The van der Waals surface area contributed by atoms with Crippen molar-refractivity contribution in [3.8, 4) is 5.75 Å². The van der Waals surface area contributed by atoms with Crippen LogP contribution in [0.2, 0.25) is 0 Å². The lowest BCUT2D eigenvalue weighted by atomic mass is 9.83. The first-order valence-electron chi connectivity index (χ1n) is 11.2. The van der Waals surface area contributed by atoms with Crippen LogP contribution in [0.5, 0.6) is 5.75 Å². The number of benzene rings is 1. The minimum absolute atomic E-state index is 0.0699. The first-order chi connectivity index (χ1) is 16.3. The number of pyridine rings is 1. The van der Waals surface area contributed by atoms with Gasteiger partial charge in [-0.05, 0) is 24.8 Å². The highest BCUT2D eigenvalue weighted by Gasteiger charge is 2.39. The van der Waals surface area contributed by atoms with E-state index in [1.807, 2.05) is 6.92 Å². The Kier molecular flexibility index (Phi) is 6.69. The lowest BCUT2D eigenvalue weighted by molar-refractivity contribution is -0.384. The van der Waals surface area contributed by atoms with Crippen LogP contribution in [0.4, 0.5) is 5.69 Å².